The predicted molar refractivity (Wildman–Crippen MR) is 88.9 cm³/mol. The highest BCUT2D eigenvalue weighted by atomic mass is 19.4. The van der Waals surface area contributed by atoms with Crippen LogP contribution in [-0.2, 0) is 23.9 Å². The Morgan fingerprint density at radius 3 is 2.39 bits per heavy atom. The quantitative estimate of drug-likeness (QED) is 0.338. The Kier molecular flexibility index (Phi) is 9.42. The number of halogens is 3. The molecule has 1 heterocycles. The number of esters is 1. The average molecular weight is 409 g/mol. The molecule has 0 radical (unpaired) electrons. The van der Waals surface area contributed by atoms with Crippen LogP contribution in [0.3, 0.4) is 0 Å². The van der Waals surface area contributed by atoms with E-state index in [9.17, 15) is 32.3 Å². The van der Waals surface area contributed by atoms with Crippen LogP contribution >= 0.6 is 0 Å². The number of piperidine rings is 1. The Morgan fingerprint density at radius 1 is 1.18 bits per heavy atom. The number of ketones is 1. The highest BCUT2D eigenvalue weighted by Crippen LogP contribution is 2.20. The zero-order chi connectivity index (χ0) is 21.2. The number of nitrogens with one attached hydrogen (secondary N) is 2. The molecule has 158 valence electrons. The molecule has 0 aliphatic carbocycles. The van der Waals surface area contributed by atoms with Gasteiger partial charge < -0.3 is 19.7 Å². The molecule has 0 bridgehead atoms. The first-order chi connectivity index (χ1) is 13.1. The smallest absolute Gasteiger partial charge is 0.454 e. The van der Waals surface area contributed by atoms with E-state index in [4.69, 9.17) is 9.47 Å². The van der Waals surface area contributed by atoms with Gasteiger partial charge in [0.05, 0.1) is 12.5 Å². The predicted octanol–water partition coefficient (Wildman–Crippen LogP) is 0.359. The summed E-state index contributed by atoms with van der Waals surface area (Å²) < 4.78 is 46.0. The van der Waals surface area contributed by atoms with E-state index in [-0.39, 0.29) is 26.2 Å². The lowest BCUT2D eigenvalue weighted by Crippen LogP contribution is -2.43. The van der Waals surface area contributed by atoms with Crippen molar-refractivity contribution >= 4 is 23.7 Å². The number of methoxy groups -OCH3 is 1. The third-order valence-electron chi connectivity index (χ3n) is 3.77. The molecule has 2 N–H and O–H groups in total. The van der Waals surface area contributed by atoms with E-state index < -0.39 is 42.4 Å². The van der Waals surface area contributed by atoms with Crippen LogP contribution in [0.5, 0.6) is 0 Å². The summed E-state index contributed by atoms with van der Waals surface area (Å²) in [7, 11) is 1.45. The fraction of sp³-hybridized carbons (Fsp3) is 0.625. The van der Waals surface area contributed by atoms with Gasteiger partial charge >= 0.3 is 18.2 Å². The maximum Gasteiger partial charge on any atom is 0.454 e. The summed E-state index contributed by atoms with van der Waals surface area (Å²) in [6.07, 6.45) is -2.83. The van der Waals surface area contributed by atoms with E-state index in [2.05, 4.69) is 5.32 Å². The molecule has 1 fully saturated rings. The molecule has 1 rings (SSSR count). The largest absolute Gasteiger partial charge is 0.455 e. The number of carbonyl (C=O) groups is 4. The van der Waals surface area contributed by atoms with Gasteiger partial charge in [0.2, 0.25) is 0 Å². The van der Waals surface area contributed by atoms with Crippen molar-refractivity contribution in [3.8, 4) is 0 Å². The third kappa shape index (κ3) is 8.84. The summed E-state index contributed by atoms with van der Waals surface area (Å²) in [5.74, 6) is -3.91. The maximum atomic E-state index is 12.1. The molecule has 0 aromatic heterocycles. The van der Waals surface area contributed by atoms with Gasteiger partial charge in [0.1, 0.15) is 0 Å². The Morgan fingerprint density at radius 2 is 1.82 bits per heavy atom. The van der Waals surface area contributed by atoms with Crippen molar-refractivity contribution in [2.45, 2.75) is 19.0 Å². The fourth-order valence-electron chi connectivity index (χ4n) is 2.28. The minimum Gasteiger partial charge on any atom is -0.455 e. The zero-order valence-corrected chi connectivity index (χ0v) is 15.2. The zero-order valence-electron chi connectivity index (χ0n) is 15.2. The number of ether oxygens (including phenoxy) is 2. The number of likely N-dealkylation sites (tertiary alicyclic amines) is 1. The van der Waals surface area contributed by atoms with E-state index in [1.807, 2.05) is 5.32 Å². The molecule has 0 saturated carbocycles. The van der Waals surface area contributed by atoms with Crippen molar-refractivity contribution in [1.29, 1.82) is 0 Å². The second-order valence-electron chi connectivity index (χ2n) is 5.89. The molecule has 0 aromatic carbocycles. The molecule has 9 nitrogen and oxygen atoms in total. The summed E-state index contributed by atoms with van der Waals surface area (Å²) in [6.45, 7) is 0.369. The monoisotopic (exact) mass is 409 g/mol. The van der Waals surface area contributed by atoms with Crippen molar-refractivity contribution < 1.29 is 41.8 Å². The van der Waals surface area contributed by atoms with Crippen LogP contribution in [0.2, 0.25) is 0 Å². The SMILES string of the molecule is COCCNC(=O)NC(=O)COC(=O)C1CCN(C=CC(=O)C(F)(F)F)CC1. The number of nitrogens with zero attached hydrogens (tertiary/aromatic N) is 1. The van der Waals surface area contributed by atoms with E-state index in [1.165, 1.54) is 12.0 Å². The maximum absolute atomic E-state index is 12.1. The van der Waals surface area contributed by atoms with Gasteiger partial charge in [-0.25, -0.2) is 4.79 Å². The summed E-state index contributed by atoms with van der Waals surface area (Å²) in [4.78, 5) is 47.1. The molecule has 0 atom stereocenters. The molecule has 28 heavy (non-hydrogen) atoms. The van der Waals surface area contributed by atoms with Crippen LogP contribution in [0.15, 0.2) is 12.3 Å². The Hall–Kier alpha value is -2.63. The van der Waals surface area contributed by atoms with Crippen molar-refractivity contribution in [2.24, 2.45) is 5.92 Å². The van der Waals surface area contributed by atoms with Crippen LogP contribution < -0.4 is 10.6 Å². The lowest BCUT2D eigenvalue weighted by molar-refractivity contribution is -0.165. The molecule has 12 heteroatoms. The van der Waals surface area contributed by atoms with E-state index in [0.717, 1.165) is 6.20 Å². The van der Waals surface area contributed by atoms with Gasteiger partial charge in [-0.15, -0.1) is 0 Å². The lowest BCUT2D eigenvalue weighted by atomic mass is 9.97. The van der Waals surface area contributed by atoms with Gasteiger partial charge in [-0.1, -0.05) is 0 Å². The molecule has 1 aliphatic heterocycles. The molecule has 3 amide bonds. The minimum absolute atomic E-state index is 0.205. The summed E-state index contributed by atoms with van der Waals surface area (Å²) >= 11 is 0. The van der Waals surface area contributed by atoms with Crippen molar-refractivity contribution in [3.63, 3.8) is 0 Å². The highest BCUT2D eigenvalue weighted by Gasteiger charge is 2.36. The van der Waals surface area contributed by atoms with Crippen LogP contribution in [0.4, 0.5) is 18.0 Å². The second-order valence-corrected chi connectivity index (χ2v) is 5.89. The van der Waals surface area contributed by atoms with Gasteiger partial charge in [0, 0.05) is 39.0 Å². The summed E-state index contributed by atoms with van der Waals surface area (Å²) in [6, 6.07) is -0.744. The van der Waals surface area contributed by atoms with E-state index >= 15 is 0 Å². The van der Waals surface area contributed by atoms with Crippen LogP contribution in [0.25, 0.3) is 0 Å². The molecule has 0 aromatic rings. The van der Waals surface area contributed by atoms with Gasteiger partial charge in [0.25, 0.3) is 11.7 Å². The lowest BCUT2D eigenvalue weighted by Gasteiger charge is -2.29. The van der Waals surface area contributed by atoms with Crippen molar-refractivity contribution in [1.82, 2.24) is 15.5 Å². The van der Waals surface area contributed by atoms with Crippen LogP contribution in [0, 0.1) is 5.92 Å². The van der Waals surface area contributed by atoms with E-state index in [0.29, 0.717) is 18.9 Å². The topological polar surface area (TPSA) is 114 Å². The number of amides is 3. The minimum atomic E-state index is -4.92. The Balaban J connectivity index is 2.29. The van der Waals surface area contributed by atoms with Gasteiger partial charge in [-0.2, -0.15) is 13.2 Å². The first kappa shape index (κ1) is 23.4. The number of carbonyl (C=O) groups excluding carboxylic acids is 4. The summed E-state index contributed by atoms with van der Waals surface area (Å²) in [5, 5.41) is 4.34. The number of urea groups is 1. The summed E-state index contributed by atoms with van der Waals surface area (Å²) in [5.41, 5.74) is 0. The number of rotatable bonds is 8. The molecule has 0 spiro atoms. The van der Waals surface area contributed by atoms with Crippen LogP contribution in [-0.4, -0.2) is 74.7 Å². The van der Waals surface area contributed by atoms with Gasteiger partial charge in [-0.3, -0.25) is 19.7 Å². The Bertz CT molecular complexity index is 601. The average Bonchev–Trinajstić information content (AvgIpc) is 2.64. The highest BCUT2D eigenvalue weighted by molar-refractivity contribution is 5.95. The number of imide groups is 1. The second kappa shape index (κ2) is 11.3. The van der Waals surface area contributed by atoms with Crippen LogP contribution in [0.1, 0.15) is 12.8 Å². The number of hydrogen-bond donors (Lipinski definition) is 2. The normalized spacial score (nSPS) is 15.4. The molecular weight excluding hydrogens is 387 g/mol. The number of alkyl halides is 3. The standard InChI is InChI=1S/C16H22F3N3O6/c1-27-9-5-20-15(26)21-13(24)10-28-14(25)11-2-6-22(7-3-11)8-4-12(23)16(17,18)19/h4,8,11H,2-3,5-7,9-10H2,1H3,(H2,20,21,24,26). The molecule has 0 unspecified atom stereocenters. The molecule has 1 aliphatic rings. The van der Waals surface area contributed by atoms with Gasteiger partial charge in [0.15, 0.2) is 6.61 Å². The molecule has 1 saturated heterocycles. The number of allylic oxidation sites excluding steroid dienone is 1. The fourth-order valence-corrected chi connectivity index (χ4v) is 2.28. The van der Waals surface area contributed by atoms with Gasteiger partial charge in [-0.05, 0) is 12.8 Å². The van der Waals surface area contributed by atoms with Crippen molar-refractivity contribution in [2.75, 3.05) is 40.0 Å². The first-order valence-corrected chi connectivity index (χ1v) is 8.40. The van der Waals surface area contributed by atoms with Crippen molar-refractivity contribution in [3.05, 3.63) is 12.3 Å². The van der Waals surface area contributed by atoms with E-state index in [1.54, 1.807) is 0 Å². The third-order valence-corrected chi connectivity index (χ3v) is 3.77. The molecular formula is C16H22F3N3O6. The number of hydrogen-bond acceptors (Lipinski definition) is 7. The Labute approximate surface area is 159 Å². The first-order valence-electron chi connectivity index (χ1n) is 8.40.